The smallest absolute Gasteiger partial charge is 0.227 e. The summed E-state index contributed by atoms with van der Waals surface area (Å²) in [6.07, 6.45) is 4.45. The molecule has 0 unspecified atom stereocenters. The van der Waals surface area contributed by atoms with E-state index in [4.69, 9.17) is 14.7 Å². The Morgan fingerprint density at radius 2 is 1.68 bits per heavy atom. The Kier molecular flexibility index (Phi) is 6.19. The van der Waals surface area contributed by atoms with Crippen LogP contribution in [0.25, 0.3) is 6.08 Å². The lowest BCUT2D eigenvalue weighted by Crippen LogP contribution is -2.47. The number of piperazine rings is 1. The minimum atomic E-state index is 0.771. The Morgan fingerprint density at radius 1 is 0.929 bits per heavy atom. The summed E-state index contributed by atoms with van der Waals surface area (Å²) in [5.74, 6) is 1.89. The molecule has 28 heavy (non-hydrogen) atoms. The molecule has 1 aromatic heterocycles. The number of anilines is 2. The van der Waals surface area contributed by atoms with E-state index in [1.54, 1.807) is 0 Å². The van der Waals surface area contributed by atoms with Gasteiger partial charge >= 0.3 is 0 Å². The fourth-order valence-corrected chi connectivity index (χ4v) is 3.66. The van der Waals surface area contributed by atoms with E-state index in [1.165, 1.54) is 5.56 Å². The van der Waals surface area contributed by atoms with Gasteiger partial charge in [0.2, 0.25) is 5.95 Å². The molecule has 0 saturated carbocycles. The molecule has 0 aliphatic carbocycles. The van der Waals surface area contributed by atoms with E-state index in [0.29, 0.717) is 0 Å². The van der Waals surface area contributed by atoms with Crippen LogP contribution in [0.1, 0.15) is 11.3 Å². The van der Waals surface area contributed by atoms with Crippen LogP contribution >= 0.6 is 0 Å². The fraction of sp³-hybridized carbons (Fsp3) is 0.455. The molecule has 6 nitrogen and oxygen atoms in total. The maximum Gasteiger partial charge on any atom is 0.227 e. The number of hydrogen-bond donors (Lipinski definition) is 0. The molecular weight excluding hydrogens is 350 g/mol. The van der Waals surface area contributed by atoms with E-state index in [-0.39, 0.29) is 0 Å². The van der Waals surface area contributed by atoms with E-state index in [0.717, 1.165) is 76.5 Å². The Morgan fingerprint density at radius 3 is 2.43 bits per heavy atom. The average molecular weight is 380 g/mol. The van der Waals surface area contributed by atoms with E-state index in [2.05, 4.69) is 70.2 Å². The first-order valence-electron chi connectivity index (χ1n) is 10.2. The van der Waals surface area contributed by atoms with Crippen LogP contribution in [0.15, 0.2) is 42.5 Å². The quantitative estimate of drug-likeness (QED) is 0.795. The fourth-order valence-electron chi connectivity index (χ4n) is 3.66. The van der Waals surface area contributed by atoms with Crippen molar-refractivity contribution in [1.29, 1.82) is 0 Å². The van der Waals surface area contributed by atoms with E-state index >= 15 is 0 Å². The summed E-state index contributed by atoms with van der Waals surface area (Å²) < 4.78 is 5.46. The second kappa shape index (κ2) is 9.17. The van der Waals surface area contributed by atoms with Crippen molar-refractivity contribution in [2.75, 3.05) is 68.8 Å². The van der Waals surface area contributed by atoms with E-state index < -0.39 is 0 Å². The van der Waals surface area contributed by atoms with E-state index in [9.17, 15) is 0 Å². The van der Waals surface area contributed by atoms with Crippen molar-refractivity contribution in [2.45, 2.75) is 6.92 Å². The Hall–Kier alpha value is -2.44. The van der Waals surface area contributed by atoms with Gasteiger partial charge in [-0.2, -0.15) is 4.98 Å². The van der Waals surface area contributed by atoms with Crippen molar-refractivity contribution in [1.82, 2.24) is 14.9 Å². The largest absolute Gasteiger partial charge is 0.378 e. The topological polar surface area (TPSA) is 44.7 Å². The zero-order chi connectivity index (χ0) is 19.2. The molecule has 3 heterocycles. The monoisotopic (exact) mass is 379 g/mol. The van der Waals surface area contributed by atoms with Crippen LogP contribution in [0, 0.1) is 6.92 Å². The van der Waals surface area contributed by atoms with Gasteiger partial charge < -0.3 is 14.5 Å². The Bertz CT molecular complexity index is 781. The maximum atomic E-state index is 5.46. The van der Waals surface area contributed by atoms with Gasteiger partial charge in [0, 0.05) is 57.6 Å². The molecule has 0 amide bonds. The van der Waals surface area contributed by atoms with Crippen molar-refractivity contribution in [3.8, 4) is 0 Å². The van der Waals surface area contributed by atoms with Gasteiger partial charge in [0.15, 0.2) is 0 Å². The Labute approximate surface area is 167 Å². The maximum absolute atomic E-state index is 5.46. The zero-order valence-corrected chi connectivity index (χ0v) is 16.6. The standard InChI is InChI=1S/C22H29N5O/c1-19-18-21(26-14-16-28-17-15-26)24-22(23-19)27-12-10-25(11-13-27)9-5-8-20-6-3-2-4-7-20/h2-8,18H,9-17H2,1H3/b8-5+. The van der Waals surface area contributed by atoms with Crippen LogP contribution in [0.5, 0.6) is 0 Å². The number of aryl methyl sites for hydroxylation is 1. The van der Waals surface area contributed by atoms with Crippen LogP contribution in [0.4, 0.5) is 11.8 Å². The minimum absolute atomic E-state index is 0.771. The Balaban J connectivity index is 1.33. The number of nitrogens with zero attached hydrogens (tertiary/aromatic N) is 5. The third kappa shape index (κ3) is 4.88. The summed E-state index contributed by atoms with van der Waals surface area (Å²) >= 11 is 0. The summed E-state index contributed by atoms with van der Waals surface area (Å²) in [6.45, 7) is 10.4. The summed E-state index contributed by atoms with van der Waals surface area (Å²) in [6, 6.07) is 12.6. The second-order valence-corrected chi connectivity index (χ2v) is 7.37. The molecule has 4 rings (SSSR count). The number of hydrogen-bond acceptors (Lipinski definition) is 6. The lowest BCUT2D eigenvalue weighted by atomic mass is 10.2. The molecule has 2 fully saturated rings. The van der Waals surface area contributed by atoms with Gasteiger partial charge in [-0.25, -0.2) is 4.98 Å². The van der Waals surface area contributed by atoms with Gasteiger partial charge in [0.1, 0.15) is 5.82 Å². The van der Waals surface area contributed by atoms with Gasteiger partial charge in [0.25, 0.3) is 0 Å². The van der Waals surface area contributed by atoms with Crippen LogP contribution in [0.2, 0.25) is 0 Å². The molecule has 2 aromatic rings. The number of rotatable bonds is 5. The first-order chi connectivity index (χ1) is 13.8. The van der Waals surface area contributed by atoms with Gasteiger partial charge in [-0.15, -0.1) is 0 Å². The first-order valence-corrected chi connectivity index (χ1v) is 10.2. The van der Waals surface area contributed by atoms with Crippen molar-refractivity contribution in [2.24, 2.45) is 0 Å². The summed E-state index contributed by atoms with van der Waals surface area (Å²) in [7, 11) is 0. The molecule has 0 atom stereocenters. The zero-order valence-electron chi connectivity index (χ0n) is 16.6. The summed E-state index contributed by atoms with van der Waals surface area (Å²) in [4.78, 5) is 16.7. The predicted octanol–water partition coefficient (Wildman–Crippen LogP) is 2.46. The van der Waals surface area contributed by atoms with Gasteiger partial charge in [0.05, 0.1) is 13.2 Å². The summed E-state index contributed by atoms with van der Waals surface area (Å²) in [5, 5.41) is 0. The van der Waals surface area contributed by atoms with Crippen LogP contribution < -0.4 is 9.80 Å². The third-order valence-electron chi connectivity index (χ3n) is 5.29. The SMILES string of the molecule is Cc1cc(N2CCOCC2)nc(N2CCN(C/C=C/c3ccccc3)CC2)n1. The number of aromatic nitrogens is 2. The van der Waals surface area contributed by atoms with Crippen LogP contribution in [-0.4, -0.2) is 73.9 Å². The number of benzene rings is 1. The second-order valence-electron chi connectivity index (χ2n) is 7.37. The minimum Gasteiger partial charge on any atom is -0.378 e. The number of ether oxygens (including phenoxy) is 1. The molecule has 0 N–H and O–H groups in total. The highest BCUT2D eigenvalue weighted by molar-refractivity contribution is 5.49. The third-order valence-corrected chi connectivity index (χ3v) is 5.29. The van der Waals surface area contributed by atoms with E-state index in [1.807, 2.05) is 0 Å². The molecule has 6 heteroatoms. The molecule has 0 bridgehead atoms. The van der Waals surface area contributed by atoms with Crippen molar-refractivity contribution in [3.63, 3.8) is 0 Å². The lowest BCUT2D eigenvalue weighted by Gasteiger charge is -2.35. The van der Waals surface area contributed by atoms with Crippen LogP contribution in [-0.2, 0) is 4.74 Å². The average Bonchev–Trinajstić information content (AvgIpc) is 2.75. The molecule has 2 aliphatic heterocycles. The molecule has 0 spiro atoms. The molecule has 1 aromatic carbocycles. The molecule has 2 aliphatic rings. The van der Waals surface area contributed by atoms with Crippen molar-refractivity contribution >= 4 is 17.8 Å². The first kappa shape index (κ1) is 18.9. The highest BCUT2D eigenvalue weighted by atomic mass is 16.5. The van der Waals surface area contributed by atoms with Gasteiger partial charge in [-0.1, -0.05) is 42.5 Å². The van der Waals surface area contributed by atoms with Crippen molar-refractivity contribution in [3.05, 3.63) is 53.7 Å². The predicted molar refractivity (Wildman–Crippen MR) is 114 cm³/mol. The van der Waals surface area contributed by atoms with Crippen LogP contribution in [0.3, 0.4) is 0 Å². The highest BCUT2D eigenvalue weighted by Gasteiger charge is 2.20. The molecular formula is C22H29N5O. The normalized spacial score (nSPS) is 18.8. The molecule has 2 saturated heterocycles. The van der Waals surface area contributed by atoms with Crippen molar-refractivity contribution < 1.29 is 4.74 Å². The van der Waals surface area contributed by atoms with Gasteiger partial charge in [-0.3, -0.25) is 4.90 Å². The molecule has 0 radical (unpaired) electrons. The lowest BCUT2D eigenvalue weighted by molar-refractivity contribution is 0.122. The number of morpholine rings is 1. The summed E-state index contributed by atoms with van der Waals surface area (Å²) in [5.41, 5.74) is 2.28. The molecule has 148 valence electrons. The highest BCUT2D eigenvalue weighted by Crippen LogP contribution is 2.19. The van der Waals surface area contributed by atoms with Gasteiger partial charge in [-0.05, 0) is 12.5 Å².